The van der Waals surface area contributed by atoms with Crippen molar-refractivity contribution in [2.24, 2.45) is 0 Å². The zero-order valence-corrected chi connectivity index (χ0v) is 8.95. The van der Waals surface area contributed by atoms with Crippen LogP contribution in [-0.4, -0.2) is 6.10 Å². The zero-order chi connectivity index (χ0) is 8.72. The van der Waals surface area contributed by atoms with Gasteiger partial charge in [-0.25, -0.2) is 0 Å². The first-order valence-corrected chi connectivity index (χ1v) is 4.98. The van der Waals surface area contributed by atoms with Gasteiger partial charge >= 0.3 is 0 Å². The minimum atomic E-state index is 0.256. The highest BCUT2D eigenvalue weighted by molar-refractivity contribution is 9.10. The fourth-order valence-electron chi connectivity index (χ4n) is 1.45. The molecule has 2 rings (SSSR count). The van der Waals surface area contributed by atoms with Gasteiger partial charge in [-0.1, -0.05) is 27.5 Å². The van der Waals surface area contributed by atoms with Crippen molar-refractivity contribution in [3.05, 3.63) is 27.2 Å². The van der Waals surface area contributed by atoms with Crippen molar-refractivity contribution in [2.75, 3.05) is 0 Å². The molecule has 0 spiro atoms. The molecule has 0 radical (unpaired) electrons. The largest absolute Gasteiger partial charge is 0.489 e. The number of halogens is 2. The first kappa shape index (κ1) is 8.39. The number of hydrogen-bond donors (Lipinski definition) is 0. The first-order valence-electron chi connectivity index (χ1n) is 3.81. The predicted octanol–water partition coefficient (Wildman–Crippen LogP) is 3.43. The van der Waals surface area contributed by atoms with Crippen LogP contribution in [0, 0.1) is 0 Å². The van der Waals surface area contributed by atoms with Gasteiger partial charge in [0.05, 0.1) is 5.02 Å². The minimum Gasteiger partial charge on any atom is -0.489 e. The Labute approximate surface area is 84.8 Å². The van der Waals surface area contributed by atoms with Crippen molar-refractivity contribution in [1.82, 2.24) is 0 Å². The second kappa shape index (κ2) is 2.93. The molecule has 1 aliphatic rings. The third-order valence-electron chi connectivity index (χ3n) is 1.91. The summed E-state index contributed by atoms with van der Waals surface area (Å²) in [4.78, 5) is 0. The summed E-state index contributed by atoms with van der Waals surface area (Å²) in [5.74, 6) is 0.854. The summed E-state index contributed by atoms with van der Waals surface area (Å²) in [6.07, 6.45) is 1.21. The third kappa shape index (κ3) is 1.34. The number of hydrogen-bond acceptors (Lipinski definition) is 1. The average molecular weight is 248 g/mol. The lowest BCUT2D eigenvalue weighted by Crippen LogP contribution is -2.05. The Hall–Kier alpha value is -0.210. The molecule has 1 unspecified atom stereocenters. The second-order valence-corrected chi connectivity index (χ2v) is 4.33. The molecule has 0 saturated heterocycles. The van der Waals surface area contributed by atoms with Crippen LogP contribution in [0.2, 0.25) is 5.02 Å². The molecule has 0 amide bonds. The van der Waals surface area contributed by atoms with Gasteiger partial charge in [-0.2, -0.15) is 0 Å². The van der Waals surface area contributed by atoms with Crippen LogP contribution in [0.25, 0.3) is 0 Å². The van der Waals surface area contributed by atoms with Crippen LogP contribution in [0.4, 0.5) is 0 Å². The van der Waals surface area contributed by atoms with Crippen LogP contribution in [0.15, 0.2) is 16.6 Å². The highest BCUT2D eigenvalue weighted by Gasteiger charge is 2.21. The van der Waals surface area contributed by atoms with Gasteiger partial charge < -0.3 is 4.74 Å². The molecule has 64 valence electrons. The van der Waals surface area contributed by atoms with Crippen LogP contribution in [0.5, 0.6) is 5.75 Å². The van der Waals surface area contributed by atoms with Gasteiger partial charge in [-0.3, -0.25) is 0 Å². The summed E-state index contributed by atoms with van der Waals surface area (Å²) < 4.78 is 6.56. The fourth-order valence-corrected chi connectivity index (χ4v) is 2.37. The maximum absolute atomic E-state index is 5.99. The van der Waals surface area contributed by atoms with Gasteiger partial charge in [0.25, 0.3) is 0 Å². The summed E-state index contributed by atoms with van der Waals surface area (Å²) in [7, 11) is 0. The third-order valence-corrected chi connectivity index (χ3v) is 2.65. The van der Waals surface area contributed by atoms with Crippen molar-refractivity contribution < 1.29 is 4.74 Å². The van der Waals surface area contributed by atoms with E-state index in [1.807, 2.05) is 13.0 Å². The molecule has 0 saturated carbocycles. The highest BCUT2D eigenvalue weighted by Crippen LogP contribution is 2.38. The van der Waals surface area contributed by atoms with E-state index in [1.54, 1.807) is 0 Å². The summed E-state index contributed by atoms with van der Waals surface area (Å²) in [6.45, 7) is 2.05. The van der Waals surface area contributed by atoms with Gasteiger partial charge in [-0.15, -0.1) is 0 Å². The molecule has 1 aromatic carbocycles. The Morgan fingerprint density at radius 2 is 2.33 bits per heavy atom. The Kier molecular flexibility index (Phi) is 2.05. The van der Waals surface area contributed by atoms with Gasteiger partial charge in [0.2, 0.25) is 0 Å². The van der Waals surface area contributed by atoms with E-state index in [-0.39, 0.29) is 6.10 Å². The molecule has 3 heteroatoms. The molecule has 1 aromatic rings. The molecule has 0 aromatic heterocycles. The summed E-state index contributed by atoms with van der Waals surface area (Å²) >= 11 is 9.38. The number of benzene rings is 1. The predicted molar refractivity (Wildman–Crippen MR) is 52.9 cm³/mol. The molecule has 1 nitrogen and oxygen atoms in total. The van der Waals surface area contributed by atoms with Gasteiger partial charge in [0, 0.05) is 16.5 Å². The van der Waals surface area contributed by atoms with Crippen LogP contribution in [-0.2, 0) is 6.42 Å². The average Bonchev–Trinajstić information content (AvgIpc) is 2.29. The van der Waals surface area contributed by atoms with Crippen molar-refractivity contribution in [2.45, 2.75) is 19.4 Å². The lowest BCUT2D eigenvalue weighted by atomic mass is 10.1. The van der Waals surface area contributed by atoms with Crippen molar-refractivity contribution >= 4 is 27.5 Å². The first-order chi connectivity index (χ1) is 5.66. The van der Waals surface area contributed by atoms with E-state index in [0.717, 1.165) is 16.6 Å². The summed E-state index contributed by atoms with van der Waals surface area (Å²) in [5, 5.41) is 0.698. The SMILES string of the molecule is CC1Cc2cc(Br)cc(Cl)c2O1. The van der Waals surface area contributed by atoms with Crippen LogP contribution < -0.4 is 4.74 Å². The van der Waals surface area contributed by atoms with Crippen LogP contribution >= 0.6 is 27.5 Å². The van der Waals surface area contributed by atoms with Gasteiger partial charge in [-0.05, 0) is 19.1 Å². The van der Waals surface area contributed by atoms with Gasteiger partial charge in [0.1, 0.15) is 11.9 Å². The van der Waals surface area contributed by atoms with E-state index in [4.69, 9.17) is 16.3 Å². The number of rotatable bonds is 0. The standard InChI is InChI=1S/C9H8BrClO/c1-5-2-6-3-7(10)4-8(11)9(6)12-5/h3-5H,2H2,1H3. The zero-order valence-electron chi connectivity index (χ0n) is 6.60. The smallest absolute Gasteiger partial charge is 0.141 e. The Morgan fingerprint density at radius 1 is 1.58 bits per heavy atom. The number of fused-ring (bicyclic) bond motifs is 1. The second-order valence-electron chi connectivity index (χ2n) is 3.01. The van der Waals surface area contributed by atoms with Gasteiger partial charge in [0.15, 0.2) is 0 Å². The molecule has 1 heterocycles. The lowest BCUT2D eigenvalue weighted by Gasteiger charge is -2.04. The maximum atomic E-state index is 5.99. The molecule has 0 aliphatic carbocycles. The topological polar surface area (TPSA) is 9.23 Å². The van der Waals surface area contributed by atoms with E-state index < -0.39 is 0 Å². The van der Waals surface area contributed by atoms with Crippen LogP contribution in [0.3, 0.4) is 0 Å². The Morgan fingerprint density at radius 3 is 3.08 bits per heavy atom. The van der Waals surface area contributed by atoms with E-state index >= 15 is 0 Å². The molecule has 0 bridgehead atoms. The molecule has 1 atom stereocenters. The maximum Gasteiger partial charge on any atom is 0.141 e. The van der Waals surface area contributed by atoms with E-state index in [1.165, 1.54) is 5.56 Å². The van der Waals surface area contributed by atoms with E-state index in [2.05, 4.69) is 22.0 Å². The minimum absolute atomic E-state index is 0.256. The molecule has 12 heavy (non-hydrogen) atoms. The highest BCUT2D eigenvalue weighted by atomic mass is 79.9. The summed E-state index contributed by atoms with van der Waals surface area (Å²) in [6, 6.07) is 3.92. The quantitative estimate of drug-likeness (QED) is 0.682. The number of ether oxygens (including phenoxy) is 1. The lowest BCUT2D eigenvalue weighted by molar-refractivity contribution is 0.255. The van der Waals surface area contributed by atoms with E-state index in [0.29, 0.717) is 5.02 Å². The van der Waals surface area contributed by atoms with E-state index in [9.17, 15) is 0 Å². The van der Waals surface area contributed by atoms with Crippen LogP contribution in [0.1, 0.15) is 12.5 Å². The normalized spacial score (nSPS) is 20.4. The van der Waals surface area contributed by atoms with Crippen molar-refractivity contribution in [1.29, 1.82) is 0 Å². The molecule has 1 aliphatic heterocycles. The molecule has 0 N–H and O–H groups in total. The Balaban J connectivity index is 2.52. The van der Waals surface area contributed by atoms with Crippen molar-refractivity contribution in [3.8, 4) is 5.75 Å². The molecule has 0 fully saturated rings. The monoisotopic (exact) mass is 246 g/mol. The van der Waals surface area contributed by atoms with Crippen molar-refractivity contribution in [3.63, 3.8) is 0 Å². The fraction of sp³-hybridized carbons (Fsp3) is 0.333. The molecular formula is C9H8BrClO. The molecular weight excluding hydrogens is 239 g/mol. The Bertz CT molecular complexity index is 325. The summed E-state index contributed by atoms with van der Waals surface area (Å²) in [5.41, 5.74) is 1.20.